The van der Waals surface area contributed by atoms with Gasteiger partial charge in [-0.25, -0.2) is 4.79 Å². The van der Waals surface area contributed by atoms with E-state index in [-0.39, 0.29) is 11.7 Å². The third kappa shape index (κ3) is 3.10. The van der Waals surface area contributed by atoms with Crippen LogP contribution in [0.15, 0.2) is 16.5 Å². The van der Waals surface area contributed by atoms with Crippen molar-refractivity contribution in [1.82, 2.24) is 10.2 Å². The number of carbonyl (C=O) groups is 2. The standard InChI is InChI=1S/C12H16N2O4/c1-17-12(16)10-3-2-9(18-10)8-14-6-4-11(15)13-5-7-14/h2-3H,4-8H2,1H3,(H,13,15). The van der Waals surface area contributed by atoms with Crippen LogP contribution in [-0.4, -0.2) is 43.5 Å². The zero-order valence-electron chi connectivity index (χ0n) is 10.3. The summed E-state index contributed by atoms with van der Waals surface area (Å²) < 4.78 is 9.96. The van der Waals surface area contributed by atoms with Gasteiger partial charge in [0.1, 0.15) is 5.76 Å². The fourth-order valence-electron chi connectivity index (χ4n) is 1.86. The highest BCUT2D eigenvalue weighted by atomic mass is 16.5. The number of carbonyl (C=O) groups excluding carboxylic acids is 2. The van der Waals surface area contributed by atoms with Gasteiger partial charge in [0.2, 0.25) is 11.7 Å². The van der Waals surface area contributed by atoms with Gasteiger partial charge in [-0.05, 0) is 12.1 Å². The van der Waals surface area contributed by atoms with Crippen molar-refractivity contribution in [1.29, 1.82) is 0 Å². The maximum Gasteiger partial charge on any atom is 0.373 e. The van der Waals surface area contributed by atoms with Crippen molar-refractivity contribution < 1.29 is 18.7 Å². The summed E-state index contributed by atoms with van der Waals surface area (Å²) >= 11 is 0. The Kier molecular flexibility index (Phi) is 3.99. The monoisotopic (exact) mass is 252 g/mol. The first-order valence-electron chi connectivity index (χ1n) is 5.85. The van der Waals surface area contributed by atoms with E-state index >= 15 is 0 Å². The lowest BCUT2D eigenvalue weighted by Gasteiger charge is -2.16. The fourth-order valence-corrected chi connectivity index (χ4v) is 1.86. The Morgan fingerprint density at radius 2 is 2.33 bits per heavy atom. The van der Waals surface area contributed by atoms with E-state index in [4.69, 9.17) is 4.42 Å². The molecule has 0 unspecified atom stereocenters. The third-order valence-corrected chi connectivity index (χ3v) is 2.83. The van der Waals surface area contributed by atoms with E-state index in [1.165, 1.54) is 7.11 Å². The number of amides is 1. The van der Waals surface area contributed by atoms with Gasteiger partial charge in [-0.15, -0.1) is 0 Å². The molecule has 0 spiro atoms. The van der Waals surface area contributed by atoms with Gasteiger partial charge in [-0.3, -0.25) is 9.69 Å². The minimum atomic E-state index is -0.478. The summed E-state index contributed by atoms with van der Waals surface area (Å²) in [5.41, 5.74) is 0. The molecule has 1 aliphatic rings. The van der Waals surface area contributed by atoms with Gasteiger partial charge in [0.15, 0.2) is 0 Å². The molecule has 98 valence electrons. The van der Waals surface area contributed by atoms with Crippen LogP contribution in [0.25, 0.3) is 0 Å². The lowest BCUT2D eigenvalue weighted by atomic mass is 10.3. The van der Waals surface area contributed by atoms with Gasteiger partial charge in [0, 0.05) is 26.1 Å². The van der Waals surface area contributed by atoms with E-state index in [1.54, 1.807) is 12.1 Å². The van der Waals surface area contributed by atoms with Crippen LogP contribution in [0.4, 0.5) is 0 Å². The number of ether oxygens (including phenoxy) is 1. The van der Waals surface area contributed by atoms with Crippen LogP contribution in [0.1, 0.15) is 22.7 Å². The van der Waals surface area contributed by atoms with Crippen molar-refractivity contribution in [3.63, 3.8) is 0 Å². The average molecular weight is 252 g/mol. The summed E-state index contributed by atoms with van der Waals surface area (Å²) in [4.78, 5) is 24.5. The summed E-state index contributed by atoms with van der Waals surface area (Å²) in [5.74, 6) is 0.502. The van der Waals surface area contributed by atoms with Crippen molar-refractivity contribution in [3.05, 3.63) is 23.7 Å². The van der Waals surface area contributed by atoms with E-state index in [0.717, 1.165) is 6.54 Å². The van der Waals surface area contributed by atoms with E-state index < -0.39 is 5.97 Å². The molecule has 6 nitrogen and oxygen atoms in total. The number of hydrogen-bond donors (Lipinski definition) is 1. The number of nitrogens with one attached hydrogen (secondary N) is 1. The van der Waals surface area contributed by atoms with Gasteiger partial charge in [-0.1, -0.05) is 0 Å². The topological polar surface area (TPSA) is 71.8 Å². The minimum absolute atomic E-state index is 0.0761. The molecule has 0 radical (unpaired) electrons. The Bertz CT molecular complexity index is 441. The van der Waals surface area contributed by atoms with Crippen LogP contribution in [-0.2, 0) is 16.1 Å². The van der Waals surface area contributed by atoms with Gasteiger partial charge in [0.25, 0.3) is 0 Å². The molecule has 0 aromatic carbocycles. The van der Waals surface area contributed by atoms with Gasteiger partial charge in [-0.2, -0.15) is 0 Å². The zero-order chi connectivity index (χ0) is 13.0. The Morgan fingerprint density at radius 1 is 1.50 bits per heavy atom. The molecule has 1 aliphatic heterocycles. The average Bonchev–Trinajstić information content (AvgIpc) is 2.73. The number of furan rings is 1. The molecule has 0 saturated carbocycles. The Hall–Kier alpha value is -1.82. The van der Waals surface area contributed by atoms with Crippen molar-refractivity contribution in [2.24, 2.45) is 0 Å². The lowest BCUT2D eigenvalue weighted by Crippen LogP contribution is -2.28. The summed E-state index contributed by atoms with van der Waals surface area (Å²) in [6.45, 7) is 2.70. The maximum atomic E-state index is 11.2. The summed E-state index contributed by atoms with van der Waals surface area (Å²) in [6.07, 6.45) is 0.491. The van der Waals surface area contributed by atoms with Crippen LogP contribution in [0, 0.1) is 0 Å². The molecule has 1 saturated heterocycles. The minimum Gasteiger partial charge on any atom is -0.463 e. The van der Waals surface area contributed by atoms with E-state index in [2.05, 4.69) is 15.0 Å². The van der Waals surface area contributed by atoms with Crippen LogP contribution in [0.2, 0.25) is 0 Å². The molecule has 0 atom stereocenters. The molecule has 18 heavy (non-hydrogen) atoms. The van der Waals surface area contributed by atoms with Crippen molar-refractivity contribution >= 4 is 11.9 Å². The zero-order valence-corrected chi connectivity index (χ0v) is 10.3. The number of esters is 1. The first-order valence-corrected chi connectivity index (χ1v) is 5.85. The molecule has 0 bridgehead atoms. The van der Waals surface area contributed by atoms with Crippen molar-refractivity contribution in [2.45, 2.75) is 13.0 Å². The summed E-state index contributed by atoms with van der Waals surface area (Å²) in [5, 5.41) is 2.81. The van der Waals surface area contributed by atoms with Crippen LogP contribution >= 0.6 is 0 Å². The Morgan fingerprint density at radius 3 is 3.11 bits per heavy atom. The molecule has 1 N–H and O–H groups in total. The fraction of sp³-hybridized carbons (Fsp3) is 0.500. The number of rotatable bonds is 3. The Balaban J connectivity index is 1.94. The second-order valence-electron chi connectivity index (χ2n) is 4.13. The van der Waals surface area contributed by atoms with E-state index in [9.17, 15) is 9.59 Å². The van der Waals surface area contributed by atoms with Gasteiger partial charge < -0.3 is 14.5 Å². The normalized spacial score (nSPS) is 17.1. The van der Waals surface area contributed by atoms with E-state index in [0.29, 0.717) is 31.8 Å². The molecule has 1 amide bonds. The molecule has 0 aliphatic carbocycles. The van der Waals surface area contributed by atoms with Crippen LogP contribution < -0.4 is 5.32 Å². The Labute approximate surface area is 105 Å². The molecule has 2 heterocycles. The van der Waals surface area contributed by atoms with Crippen molar-refractivity contribution in [3.8, 4) is 0 Å². The second kappa shape index (κ2) is 5.68. The molecule has 6 heteroatoms. The molecular formula is C12H16N2O4. The molecule has 1 aromatic heterocycles. The number of methoxy groups -OCH3 is 1. The highest BCUT2D eigenvalue weighted by Crippen LogP contribution is 2.12. The van der Waals surface area contributed by atoms with Gasteiger partial charge in [0.05, 0.1) is 13.7 Å². The quantitative estimate of drug-likeness (QED) is 0.788. The molecular weight excluding hydrogens is 236 g/mol. The SMILES string of the molecule is COC(=O)c1ccc(CN2CCNC(=O)CC2)o1. The summed E-state index contributed by atoms with van der Waals surface area (Å²) in [7, 11) is 1.32. The van der Waals surface area contributed by atoms with Crippen LogP contribution in [0.5, 0.6) is 0 Å². The molecule has 1 fully saturated rings. The number of hydrogen-bond acceptors (Lipinski definition) is 5. The number of nitrogens with zero attached hydrogens (tertiary/aromatic N) is 1. The largest absolute Gasteiger partial charge is 0.463 e. The van der Waals surface area contributed by atoms with Crippen LogP contribution in [0.3, 0.4) is 0 Å². The molecule has 2 rings (SSSR count). The maximum absolute atomic E-state index is 11.2. The molecule has 1 aromatic rings. The smallest absolute Gasteiger partial charge is 0.373 e. The lowest BCUT2D eigenvalue weighted by molar-refractivity contribution is -0.120. The highest BCUT2D eigenvalue weighted by Gasteiger charge is 2.16. The highest BCUT2D eigenvalue weighted by molar-refractivity contribution is 5.86. The second-order valence-corrected chi connectivity index (χ2v) is 4.13. The van der Waals surface area contributed by atoms with Gasteiger partial charge >= 0.3 is 5.97 Å². The predicted molar refractivity (Wildman–Crippen MR) is 63.0 cm³/mol. The first-order chi connectivity index (χ1) is 8.69. The van der Waals surface area contributed by atoms with E-state index in [1.807, 2.05) is 0 Å². The summed E-state index contributed by atoms with van der Waals surface area (Å²) in [6, 6.07) is 3.36. The van der Waals surface area contributed by atoms with Crippen molar-refractivity contribution in [2.75, 3.05) is 26.7 Å². The first kappa shape index (κ1) is 12.6. The third-order valence-electron chi connectivity index (χ3n) is 2.83. The predicted octanol–water partition coefficient (Wildman–Crippen LogP) is 0.388.